The number of ether oxygens (including phenoxy) is 6. The Morgan fingerprint density at radius 1 is 0.935 bits per heavy atom. The fourth-order valence-electron chi connectivity index (χ4n) is 6.51. The van der Waals surface area contributed by atoms with Crippen LogP contribution in [0.15, 0.2) is 66.1 Å². The summed E-state index contributed by atoms with van der Waals surface area (Å²) in [6.45, 7) is 3.73. The first-order valence-corrected chi connectivity index (χ1v) is 16.1. The van der Waals surface area contributed by atoms with Gasteiger partial charge in [0.1, 0.15) is 5.75 Å². The molecule has 1 atom stereocenters. The van der Waals surface area contributed by atoms with E-state index in [4.69, 9.17) is 28.4 Å². The van der Waals surface area contributed by atoms with Gasteiger partial charge in [-0.2, -0.15) is 0 Å². The third-order valence-corrected chi connectivity index (χ3v) is 9.02. The van der Waals surface area contributed by atoms with Crippen molar-refractivity contribution in [2.45, 2.75) is 51.5 Å². The lowest BCUT2D eigenvalue weighted by molar-refractivity contribution is 0.212. The van der Waals surface area contributed by atoms with Gasteiger partial charge < -0.3 is 33.7 Å². The SMILES string of the molecule is C/C=C(OC)\C1=C/CC[C@H]2c3c(cc(OC)c(OC)c3Oc3cc(c(CCNC)cc3OC)CCc3ccc(cc3)O1)CCN2C. The van der Waals surface area contributed by atoms with E-state index in [1.807, 2.05) is 32.2 Å². The van der Waals surface area contributed by atoms with Crippen LogP contribution >= 0.6 is 0 Å². The van der Waals surface area contributed by atoms with Gasteiger partial charge >= 0.3 is 0 Å². The van der Waals surface area contributed by atoms with Crippen molar-refractivity contribution in [3.05, 3.63) is 94.0 Å². The minimum absolute atomic E-state index is 0.0613. The Kier molecular flexibility index (Phi) is 11.1. The van der Waals surface area contributed by atoms with Crippen molar-refractivity contribution >= 4 is 0 Å². The zero-order valence-corrected chi connectivity index (χ0v) is 28.3. The van der Waals surface area contributed by atoms with E-state index in [1.54, 1.807) is 28.4 Å². The van der Waals surface area contributed by atoms with Crippen molar-refractivity contribution in [3.63, 3.8) is 0 Å². The normalized spacial score (nSPS) is 18.2. The van der Waals surface area contributed by atoms with E-state index >= 15 is 0 Å². The molecule has 0 spiro atoms. The van der Waals surface area contributed by atoms with Crippen LogP contribution in [0.1, 0.15) is 53.6 Å². The van der Waals surface area contributed by atoms with Gasteiger partial charge in [0.05, 0.1) is 28.4 Å². The Hall–Kier alpha value is -4.14. The van der Waals surface area contributed by atoms with E-state index in [0.717, 1.165) is 62.9 Å². The summed E-state index contributed by atoms with van der Waals surface area (Å²) in [7, 11) is 10.9. The maximum Gasteiger partial charge on any atom is 0.204 e. The molecule has 3 aliphatic heterocycles. The van der Waals surface area contributed by atoms with Crippen LogP contribution in [0.5, 0.6) is 34.5 Å². The highest BCUT2D eigenvalue weighted by atomic mass is 16.5. The Bertz CT molecular complexity index is 1560. The number of likely N-dealkylation sites (N-methyl/N-ethyl adjacent to an activating group) is 2. The predicted molar refractivity (Wildman–Crippen MR) is 182 cm³/mol. The summed E-state index contributed by atoms with van der Waals surface area (Å²) in [6, 6.07) is 14.8. The number of benzene rings is 3. The van der Waals surface area contributed by atoms with Gasteiger partial charge in [0.15, 0.2) is 34.5 Å². The molecule has 6 rings (SSSR count). The molecule has 1 N–H and O–H groups in total. The predicted octanol–water partition coefficient (Wildman–Crippen LogP) is 7.19. The van der Waals surface area contributed by atoms with Crippen LogP contribution in [0.4, 0.5) is 0 Å². The number of hydrogen-bond donors (Lipinski definition) is 1. The van der Waals surface area contributed by atoms with Gasteiger partial charge in [-0.3, -0.25) is 4.90 Å². The maximum atomic E-state index is 6.96. The van der Waals surface area contributed by atoms with Gasteiger partial charge in [-0.25, -0.2) is 0 Å². The fourth-order valence-corrected chi connectivity index (χ4v) is 6.51. The number of rotatable bonds is 8. The third kappa shape index (κ3) is 7.13. The second-order valence-electron chi connectivity index (χ2n) is 11.7. The highest BCUT2D eigenvalue weighted by Gasteiger charge is 2.33. The molecule has 0 fully saturated rings. The highest BCUT2D eigenvalue weighted by Crippen LogP contribution is 2.51. The van der Waals surface area contributed by atoms with Crippen molar-refractivity contribution in [2.24, 2.45) is 0 Å². The minimum Gasteiger partial charge on any atom is -0.493 e. The molecule has 46 heavy (non-hydrogen) atoms. The van der Waals surface area contributed by atoms with Gasteiger partial charge in [-0.15, -0.1) is 0 Å². The maximum absolute atomic E-state index is 6.96. The van der Waals surface area contributed by atoms with E-state index < -0.39 is 0 Å². The van der Waals surface area contributed by atoms with E-state index in [1.165, 1.54) is 22.3 Å². The van der Waals surface area contributed by atoms with Crippen molar-refractivity contribution in [3.8, 4) is 34.5 Å². The summed E-state index contributed by atoms with van der Waals surface area (Å²) in [4.78, 5) is 2.39. The third-order valence-electron chi connectivity index (χ3n) is 9.02. The van der Waals surface area contributed by atoms with Crippen LogP contribution in [0.25, 0.3) is 0 Å². The zero-order valence-electron chi connectivity index (χ0n) is 28.3. The molecule has 0 radical (unpaired) electrons. The monoisotopic (exact) mass is 628 g/mol. The number of fused-ring (bicyclic) bond motifs is 6. The van der Waals surface area contributed by atoms with Crippen LogP contribution in [0.3, 0.4) is 0 Å². The lowest BCUT2D eigenvalue weighted by Crippen LogP contribution is -2.32. The molecule has 3 aliphatic rings. The number of methoxy groups -OCH3 is 4. The average Bonchev–Trinajstić information content (AvgIpc) is 3.08. The van der Waals surface area contributed by atoms with E-state index in [-0.39, 0.29) is 6.04 Å². The standard InChI is InChI=1S/C38H48N2O6/c1-8-31(41-4)32-11-9-10-30-36-28(19-21-40(30)3)24-35(43-6)37(44-7)38(36)46-34-23-26(27(18-20-39-2)22-33(34)42-5)15-12-25-13-16-29(45-32)17-14-25/h8,11,13-14,16-17,22-24,30,39H,9-10,12,15,18-21H2,1-7H3/b31-8+,32-11+/t30-/m0/s1. The molecule has 0 amide bonds. The number of allylic oxidation sites excluding steroid dienone is 2. The van der Waals surface area contributed by atoms with E-state index in [2.05, 4.69) is 53.7 Å². The lowest BCUT2D eigenvalue weighted by Gasteiger charge is -2.36. The zero-order chi connectivity index (χ0) is 32.6. The summed E-state index contributed by atoms with van der Waals surface area (Å²) in [5, 5.41) is 3.29. The van der Waals surface area contributed by atoms with Crippen LogP contribution in [0, 0.1) is 0 Å². The van der Waals surface area contributed by atoms with Crippen LogP contribution in [-0.4, -0.2) is 60.5 Å². The molecule has 8 heteroatoms. The molecule has 246 valence electrons. The first-order valence-electron chi connectivity index (χ1n) is 16.1. The second kappa shape index (κ2) is 15.4. The van der Waals surface area contributed by atoms with Gasteiger partial charge in [0.2, 0.25) is 5.75 Å². The number of aryl methyl sites for hydroxylation is 2. The Morgan fingerprint density at radius 2 is 1.72 bits per heavy atom. The van der Waals surface area contributed by atoms with Crippen LogP contribution < -0.4 is 29.0 Å². The number of nitrogens with zero attached hydrogens (tertiary/aromatic N) is 1. The van der Waals surface area contributed by atoms with Crippen LogP contribution in [-0.2, 0) is 30.4 Å². The molecular weight excluding hydrogens is 580 g/mol. The molecule has 3 heterocycles. The van der Waals surface area contributed by atoms with Gasteiger partial charge in [0.25, 0.3) is 0 Å². The second-order valence-corrected chi connectivity index (χ2v) is 11.7. The quantitative estimate of drug-likeness (QED) is 0.263. The lowest BCUT2D eigenvalue weighted by atomic mass is 9.88. The molecule has 4 bridgehead atoms. The summed E-state index contributed by atoms with van der Waals surface area (Å²) >= 11 is 0. The molecule has 3 aromatic rings. The van der Waals surface area contributed by atoms with E-state index in [9.17, 15) is 0 Å². The molecule has 3 aromatic carbocycles. The van der Waals surface area contributed by atoms with Gasteiger partial charge in [-0.05, 0) is 131 Å². The summed E-state index contributed by atoms with van der Waals surface area (Å²) in [5.41, 5.74) is 5.99. The largest absolute Gasteiger partial charge is 0.493 e. The summed E-state index contributed by atoms with van der Waals surface area (Å²) < 4.78 is 36.9. The molecule has 0 aromatic heterocycles. The molecule has 0 aliphatic carbocycles. The van der Waals surface area contributed by atoms with Crippen molar-refractivity contribution in [1.29, 1.82) is 0 Å². The number of nitrogens with one attached hydrogen (secondary N) is 1. The minimum atomic E-state index is 0.0613. The molecular formula is C38H48N2O6. The molecule has 0 unspecified atom stereocenters. The summed E-state index contributed by atoms with van der Waals surface area (Å²) in [5.74, 6) is 5.44. The molecule has 0 saturated heterocycles. The highest BCUT2D eigenvalue weighted by molar-refractivity contribution is 5.63. The van der Waals surface area contributed by atoms with Gasteiger partial charge in [0, 0.05) is 18.2 Å². The van der Waals surface area contributed by atoms with Crippen molar-refractivity contribution < 1.29 is 28.4 Å². The first kappa shape index (κ1) is 33.2. The van der Waals surface area contributed by atoms with Crippen LogP contribution in [0.2, 0.25) is 0 Å². The van der Waals surface area contributed by atoms with Gasteiger partial charge in [-0.1, -0.05) is 12.1 Å². The smallest absolute Gasteiger partial charge is 0.204 e. The Balaban J connectivity index is 1.70. The Morgan fingerprint density at radius 3 is 2.39 bits per heavy atom. The fraction of sp³-hybridized carbons (Fsp3) is 0.421. The van der Waals surface area contributed by atoms with Crippen molar-refractivity contribution in [1.82, 2.24) is 10.2 Å². The van der Waals surface area contributed by atoms with Crippen molar-refractivity contribution in [2.75, 3.05) is 55.6 Å². The molecule has 8 nitrogen and oxygen atoms in total. The number of hydrogen-bond acceptors (Lipinski definition) is 8. The average molecular weight is 629 g/mol. The Labute approximate surface area is 273 Å². The topological polar surface area (TPSA) is 70.7 Å². The molecule has 0 saturated carbocycles. The van der Waals surface area contributed by atoms with E-state index in [0.29, 0.717) is 40.3 Å². The first-order chi connectivity index (χ1) is 22.4. The summed E-state index contributed by atoms with van der Waals surface area (Å²) in [6.07, 6.45) is 9.10.